The van der Waals surface area contributed by atoms with Crippen LogP contribution in [0, 0.1) is 0 Å². The maximum Gasteiger partial charge on any atom is 0.490 e. The average molecular weight is 272 g/mol. The Labute approximate surface area is 121 Å². The molecule has 0 aromatic heterocycles. The van der Waals surface area contributed by atoms with E-state index in [9.17, 15) is 0 Å². The lowest BCUT2D eigenvalue weighted by atomic mass is 9.75. The van der Waals surface area contributed by atoms with Crippen LogP contribution in [0.3, 0.4) is 0 Å². The highest BCUT2D eigenvalue weighted by molar-refractivity contribution is 6.56. The first-order chi connectivity index (χ1) is 9.32. The third kappa shape index (κ3) is 1.98. The third-order valence-corrected chi connectivity index (χ3v) is 4.67. The van der Waals surface area contributed by atoms with Crippen molar-refractivity contribution >= 4 is 12.7 Å². The lowest BCUT2D eigenvalue weighted by Gasteiger charge is -2.32. The number of benzene rings is 1. The van der Waals surface area contributed by atoms with E-state index in [1.807, 2.05) is 18.2 Å². The van der Waals surface area contributed by atoms with Gasteiger partial charge in [0.2, 0.25) is 0 Å². The lowest BCUT2D eigenvalue weighted by Crippen LogP contribution is -2.41. The van der Waals surface area contributed by atoms with E-state index in [0.29, 0.717) is 6.61 Å². The molecule has 1 saturated heterocycles. The van der Waals surface area contributed by atoms with Crippen LogP contribution in [0.4, 0.5) is 0 Å². The number of hydrogen-bond acceptors (Lipinski definition) is 3. The van der Waals surface area contributed by atoms with Crippen LogP contribution in [-0.4, -0.2) is 24.9 Å². The topological polar surface area (TPSA) is 27.7 Å². The molecular weight excluding hydrogens is 251 g/mol. The molecule has 0 saturated carbocycles. The van der Waals surface area contributed by atoms with Crippen LogP contribution in [0.1, 0.15) is 40.2 Å². The summed E-state index contributed by atoms with van der Waals surface area (Å²) in [6.07, 6.45) is 0. The van der Waals surface area contributed by atoms with Crippen LogP contribution < -0.4 is 4.74 Å². The maximum absolute atomic E-state index is 6.12. The van der Waals surface area contributed by atoms with Crippen LogP contribution in [0.2, 0.25) is 0 Å². The summed E-state index contributed by atoms with van der Waals surface area (Å²) in [5.41, 5.74) is 2.82. The van der Waals surface area contributed by atoms with Gasteiger partial charge < -0.3 is 14.0 Å². The number of ether oxygens (including phenoxy) is 1. The fourth-order valence-corrected chi connectivity index (χ4v) is 2.56. The summed E-state index contributed by atoms with van der Waals surface area (Å²) < 4.78 is 18.0. The molecule has 0 N–H and O–H groups in total. The normalized spacial score (nSPS) is 25.4. The molecule has 20 heavy (non-hydrogen) atoms. The SMILES string of the molecule is C/C(B1OC(C)(C)C(C)(C)O1)=C1/COc2ccccc21. The van der Waals surface area contributed by atoms with Gasteiger partial charge in [0.05, 0.1) is 11.2 Å². The van der Waals surface area contributed by atoms with Gasteiger partial charge in [0.25, 0.3) is 0 Å². The van der Waals surface area contributed by atoms with Crippen molar-refractivity contribution in [1.82, 2.24) is 0 Å². The number of allylic oxidation sites excluding steroid dienone is 1. The molecule has 1 aromatic rings. The Balaban J connectivity index is 1.95. The number of para-hydroxylation sites is 1. The van der Waals surface area contributed by atoms with Crippen molar-refractivity contribution in [3.8, 4) is 5.75 Å². The molecule has 0 spiro atoms. The van der Waals surface area contributed by atoms with E-state index in [0.717, 1.165) is 16.8 Å². The third-order valence-electron chi connectivity index (χ3n) is 4.67. The van der Waals surface area contributed by atoms with Gasteiger partial charge in [0.15, 0.2) is 0 Å². The van der Waals surface area contributed by atoms with Crippen molar-refractivity contribution < 1.29 is 14.0 Å². The van der Waals surface area contributed by atoms with E-state index >= 15 is 0 Å². The molecule has 0 bridgehead atoms. The number of fused-ring (bicyclic) bond motifs is 1. The van der Waals surface area contributed by atoms with Crippen molar-refractivity contribution in [2.75, 3.05) is 6.61 Å². The standard InChI is InChI=1S/C16H21BO3/c1-11(17-19-15(2,3)16(4,5)20-17)13-10-18-14-9-7-6-8-12(13)14/h6-9H,10H2,1-5H3/b13-11+. The fourth-order valence-electron chi connectivity index (χ4n) is 2.56. The van der Waals surface area contributed by atoms with E-state index in [1.54, 1.807) is 0 Å². The predicted molar refractivity (Wildman–Crippen MR) is 80.6 cm³/mol. The summed E-state index contributed by atoms with van der Waals surface area (Å²) in [5.74, 6) is 0.943. The van der Waals surface area contributed by atoms with Crippen molar-refractivity contribution in [3.63, 3.8) is 0 Å². The van der Waals surface area contributed by atoms with Crippen LogP contribution in [0.15, 0.2) is 29.7 Å². The monoisotopic (exact) mass is 272 g/mol. The van der Waals surface area contributed by atoms with Gasteiger partial charge in [-0.05, 0) is 51.7 Å². The molecule has 0 aliphatic carbocycles. The lowest BCUT2D eigenvalue weighted by molar-refractivity contribution is 0.00578. The van der Waals surface area contributed by atoms with Gasteiger partial charge in [-0.1, -0.05) is 18.2 Å². The van der Waals surface area contributed by atoms with Crippen LogP contribution >= 0.6 is 0 Å². The number of rotatable bonds is 1. The van der Waals surface area contributed by atoms with Gasteiger partial charge >= 0.3 is 7.12 Å². The highest BCUT2D eigenvalue weighted by Gasteiger charge is 2.52. The van der Waals surface area contributed by atoms with Crippen LogP contribution in [0.5, 0.6) is 5.75 Å². The molecule has 3 rings (SSSR count). The molecule has 2 aliphatic heterocycles. The highest BCUT2D eigenvalue weighted by atomic mass is 16.7. The zero-order valence-electron chi connectivity index (χ0n) is 12.8. The largest absolute Gasteiger partial charge is 0.490 e. The molecule has 0 radical (unpaired) electrons. The van der Waals surface area contributed by atoms with E-state index in [2.05, 4.69) is 40.7 Å². The zero-order chi connectivity index (χ0) is 14.5. The molecular formula is C16H21BO3. The summed E-state index contributed by atoms with van der Waals surface area (Å²) in [4.78, 5) is 0. The molecule has 2 aliphatic rings. The Morgan fingerprint density at radius 3 is 2.30 bits per heavy atom. The second-order valence-electron chi connectivity index (χ2n) is 6.53. The van der Waals surface area contributed by atoms with E-state index in [-0.39, 0.29) is 18.3 Å². The van der Waals surface area contributed by atoms with Crippen LogP contribution in [0.25, 0.3) is 5.57 Å². The minimum Gasteiger partial charge on any atom is -0.488 e. The molecule has 1 fully saturated rings. The summed E-state index contributed by atoms with van der Waals surface area (Å²) in [6.45, 7) is 11.0. The molecule has 4 heteroatoms. The van der Waals surface area contributed by atoms with Gasteiger partial charge in [-0.25, -0.2) is 0 Å². The molecule has 0 atom stereocenters. The van der Waals surface area contributed by atoms with Gasteiger partial charge in [0, 0.05) is 5.56 Å². The molecule has 0 amide bonds. The van der Waals surface area contributed by atoms with E-state index in [4.69, 9.17) is 14.0 Å². The van der Waals surface area contributed by atoms with Crippen molar-refractivity contribution in [2.24, 2.45) is 0 Å². The van der Waals surface area contributed by atoms with E-state index in [1.165, 1.54) is 5.57 Å². The quantitative estimate of drug-likeness (QED) is 0.732. The van der Waals surface area contributed by atoms with Crippen molar-refractivity contribution in [1.29, 1.82) is 0 Å². The first kappa shape index (κ1) is 13.7. The Morgan fingerprint density at radius 1 is 1.05 bits per heavy atom. The fraction of sp³-hybridized carbons (Fsp3) is 0.500. The summed E-state index contributed by atoms with van der Waals surface area (Å²) in [5, 5.41) is 0. The molecule has 2 heterocycles. The van der Waals surface area contributed by atoms with Crippen LogP contribution in [-0.2, 0) is 9.31 Å². The second-order valence-corrected chi connectivity index (χ2v) is 6.53. The minimum absolute atomic E-state index is 0.301. The smallest absolute Gasteiger partial charge is 0.488 e. The Kier molecular flexibility index (Phi) is 3.00. The van der Waals surface area contributed by atoms with Gasteiger partial charge in [-0.3, -0.25) is 0 Å². The summed E-state index contributed by atoms with van der Waals surface area (Å²) in [7, 11) is -0.301. The maximum atomic E-state index is 6.12. The summed E-state index contributed by atoms with van der Waals surface area (Å²) >= 11 is 0. The van der Waals surface area contributed by atoms with Gasteiger partial charge in [-0.2, -0.15) is 0 Å². The zero-order valence-corrected chi connectivity index (χ0v) is 12.8. The molecule has 106 valence electrons. The van der Waals surface area contributed by atoms with E-state index < -0.39 is 0 Å². The van der Waals surface area contributed by atoms with Gasteiger partial charge in [0.1, 0.15) is 12.4 Å². The Bertz CT molecular complexity index is 559. The minimum atomic E-state index is -0.307. The number of hydrogen-bond donors (Lipinski definition) is 0. The molecule has 3 nitrogen and oxygen atoms in total. The second kappa shape index (κ2) is 4.37. The van der Waals surface area contributed by atoms with Crippen molar-refractivity contribution in [2.45, 2.75) is 45.8 Å². The average Bonchev–Trinajstić information content (AvgIpc) is 2.88. The first-order valence-corrected chi connectivity index (χ1v) is 7.09. The highest BCUT2D eigenvalue weighted by Crippen LogP contribution is 2.41. The predicted octanol–water partition coefficient (Wildman–Crippen LogP) is 3.48. The Hall–Kier alpha value is -1.26. The van der Waals surface area contributed by atoms with Gasteiger partial charge in [-0.15, -0.1) is 0 Å². The molecule has 0 unspecified atom stereocenters. The summed E-state index contributed by atoms with van der Waals surface area (Å²) in [6, 6.07) is 8.11. The van der Waals surface area contributed by atoms with Crippen molar-refractivity contribution in [3.05, 3.63) is 35.3 Å². The molecule has 1 aromatic carbocycles. The Morgan fingerprint density at radius 2 is 1.65 bits per heavy atom. The first-order valence-electron chi connectivity index (χ1n) is 7.09.